The van der Waals surface area contributed by atoms with Crippen LogP contribution in [-0.2, 0) is 4.79 Å². The van der Waals surface area contributed by atoms with Crippen LogP contribution in [0.1, 0.15) is 16.7 Å². The number of methoxy groups -OCH3 is 6. The maximum absolute atomic E-state index is 12.8. The summed E-state index contributed by atoms with van der Waals surface area (Å²) in [7, 11) is 9.37. The van der Waals surface area contributed by atoms with Gasteiger partial charge in [-0.2, -0.15) is 0 Å². The van der Waals surface area contributed by atoms with Crippen molar-refractivity contribution in [2.75, 3.05) is 48.0 Å². The van der Waals surface area contributed by atoms with Crippen LogP contribution in [0.25, 0.3) is 18.2 Å². The van der Waals surface area contributed by atoms with Gasteiger partial charge in [-0.15, -0.1) is 0 Å². The van der Waals surface area contributed by atoms with Crippen molar-refractivity contribution in [3.63, 3.8) is 0 Å². The largest absolute Gasteiger partial charge is 0.495 e. The molecule has 37 heavy (non-hydrogen) atoms. The van der Waals surface area contributed by atoms with Crippen LogP contribution < -0.4 is 33.7 Å². The molecule has 0 aliphatic heterocycles. The molecule has 0 radical (unpaired) electrons. The monoisotopic (exact) mass is 505 g/mol. The van der Waals surface area contributed by atoms with E-state index in [1.807, 2.05) is 42.5 Å². The highest BCUT2D eigenvalue weighted by Crippen LogP contribution is 2.39. The third-order valence-electron chi connectivity index (χ3n) is 5.50. The van der Waals surface area contributed by atoms with E-state index in [2.05, 4.69) is 5.32 Å². The van der Waals surface area contributed by atoms with Gasteiger partial charge in [0.2, 0.25) is 11.7 Å². The number of anilines is 1. The van der Waals surface area contributed by atoms with Crippen LogP contribution in [0.4, 0.5) is 5.69 Å². The maximum Gasteiger partial charge on any atom is 0.248 e. The lowest BCUT2D eigenvalue weighted by atomic mass is 10.1. The number of amides is 1. The molecular formula is C29H31NO7. The molecule has 1 amide bonds. The van der Waals surface area contributed by atoms with E-state index < -0.39 is 0 Å². The normalized spacial score (nSPS) is 10.9. The van der Waals surface area contributed by atoms with Gasteiger partial charge in [-0.05, 0) is 47.5 Å². The summed E-state index contributed by atoms with van der Waals surface area (Å²) in [4.78, 5) is 12.8. The molecule has 0 bridgehead atoms. The molecule has 0 fully saturated rings. The summed E-state index contributed by atoms with van der Waals surface area (Å²) in [5, 5.41) is 2.92. The average Bonchev–Trinajstić information content (AvgIpc) is 2.94. The average molecular weight is 506 g/mol. The smallest absolute Gasteiger partial charge is 0.248 e. The molecule has 3 rings (SSSR count). The number of para-hydroxylation sites is 1. The zero-order valence-electron chi connectivity index (χ0n) is 21.8. The zero-order valence-corrected chi connectivity index (χ0v) is 21.8. The second-order valence-electron chi connectivity index (χ2n) is 7.65. The van der Waals surface area contributed by atoms with Crippen molar-refractivity contribution >= 4 is 29.8 Å². The van der Waals surface area contributed by atoms with E-state index in [0.29, 0.717) is 40.2 Å². The van der Waals surface area contributed by atoms with Gasteiger partial charge in [0.15, 0.2) is 23.0 Å². The topological polar surface area (TPSA) is 84.5 Å². The third-order valence-corrected chi connectivity index (χ3v) is 5.50. The van der Waals surface area contributed by atoms with Crippen molar-refractivity contribution in [3.05, 3.63) is 71.3 Å². The Hall–Kier alpha value is -4.59. The molecule has 0 atom stereocenters. The molecule has 0 saturated heterocycles. The molecule has 0 aliphatic rings. The van der Waals surface area contributed by atoms with Crippen LogP contribution in [-0.4, -0.2) is 48.6 Å². The number of ether oxygens (including phenoxy) is 6. The maximum atomic E-state index is 12.8. The van der Waals surface area contributed by atoms with E-state index in [4.69, 9.17) is 28.4 Å². The molecule has 8 nitrogen and oxygen atoms in total. The van der Waals surface area contributed by atoms with Crippen molar-refractivity contribution in [2.45, 2.75) is 0 Å². The summed E-state index contributed by atoms with van der Waals surface area (Å²) in [5.74, 6) is 3.00. The van der Waals surface area contributed by atoms with E-state index in [9.17, 15) is 4.79 Å². The molecule has 0 saturated carbocycles. The Bertz CT molecular complexity index is 1270. The van der Waals surface area contributed by atoms with E-state index in [0.717, 1.165) is 16.7 Å². The Morgan fingerprint density at radius 3 is 1.84 bits per heavy atom. The number of hydrogen-bond acceptors (Lipinski definition) is 7. The predicted octanol–water partition coefficient (Wildman–Crippen LogP) is 5.56. The lowest BCUT2D eigenvalue weighted by Gasteiger charge is -2.14. The first-order chi connectivity index (χ1) is 18.0. The predicted molar refractivity (Wildman–Crippen MR) is 145 cm³/mol. The SMILES string of the molecule is COc1ccc(/C=C/C(=O)Nc2c(C=Cc3cc(OC)c(OC)c(OC)c3)cccc2OC)cc1OC. The van der Waals surface area contributed by atoms with Crippen molar-refractivity contribution in [2.24, 2.45) is 0 Å². The number of nitrogens with one attached hydrogen (secondary N) is 1. The standard InChI is InChI=1S/C29H31NO7/c1-32-22-14-11-19(16-24(22)34-3)12-15-27(31)30-28-21(8-7-9-23(28)33-2)13-10-20-17-25(35-4)29(37-6)26(18-20)36-5/h7-18H,1-6H3,(H,30,31)/b13-10?,15-12+. The molecule has 0 unspecified atom stereocenters. The summed E-state index contributed by atoms with van der Waals surface area (Å²) < 4.78 is 32.3. The molecule has 0 heterocycles. The van der Waals surface area contributed by atoms with Crippen molar-refractivity contribution < 1.29 is 33.2 Å². The van der Waals surface area contributed by atoms with Gasteiger partial charge in [0.1, 0.15) is 5.75 Å². The Labute approximate surface area is 217 Å². The highest BCUT2D eigenvalue weighted by atomic mass is 16.5. The van der Waals surface area contributed by atoms with E-state index in [1.165, 1.54) is 6.08 Å². The molecule has 3 aromatic rings. The Morgan fingerprint density at radius 2 is 1.24 bits per heavy atom. The highest BCUT2D eigenvalue weighted by Gasteiger charge is 2.13. The van der Waals surface area contributed by atoms with Gasteiger partial charge in [0.05, 0.1) is 48.3 Å². The van der Waals surface area contributed by atoms with Crippen LogP contribution in [0.2, 0.25) is 0 Å². The summed E-state index contributed by atoms with van der Waals surface area (Å²) in [5.41, 5.74) is 2.90. The minimum atomic E-state index is -0.318. The lowest BCUT2D eigenvalue weighted by Crippen LogP contribution is -2.10. The van der Waals surface area contributed by atoms with Gasteiger partial charge in [-0.3, -0.25) is 4.79 Å². The third kappa shape index (κ3) is 6.55. The molecule has 8 heteroatoms. The van der Waals surface area contributed by atoms with Crippen LogP contribution >= 0.6 is 0 Å². The van der Waals surface area contributed by atoms with Gasteiger partial charge < -0.3 is 33.7 Å². The fraction of sp³-hybridized carbons (Fsp3) is 0.207. The van der Waals surface area contributed by atoms with Crippen molar-refractivity contribution in [1.82, 2.24) is 0 Å². The van der Waals surface area contributed by atoms with Gasteiger partial charge >= 0.3 is 0 Å². The highest BCUT2D eigenvalue weighted by molar-refractivity contribution is 6.04. The quantitative estimate of drug-likeness (QED) is 0.270. The molecule has 194 valence electrons. The molecule has 0 spiro atoms. The lowest BCUT2D eigenvalue weighted by molar-refractivity contribution is -0.111. The number of hydrogen-bond donors (Lipinski definition) is 1. The Kier molecular flexibility index (Phi) is 9.43. The summed E-state index contributed by atoms with van der Waals surface area (Å²) in [6, 6.07) is 14.6. The van der Waals surface area contributed by atoms with Gasteiger partial charge in [-0.1, -0.05) is 30.4 Å². The van der Waals surface area contributed by atoms with Gasteiger partial charge in [0.25, 0.3) is 0 Å². The first kappa shape index (κ1) is 27.0. The fourth-order valence-corrected chi connectivity index (χ4v) is 3.67. The van der Waals surface area contributed by atoms with Crippen molar-refractivity contribution in [3.8, 4) is 34.5 Å². The molecule has 1 N–H and O–H groups in total. The molecule has 0 aromatic heterocycles. The zero-order chi connectivity index (χ0) is 26.8. The van der Waals surface area contributed by atoms with Gasteiger partial charge in [0, 0.05) is 11.6 Å². The van der Waals surface area contributed by atoms with Crippen LogP contribution in [0.3, 0.4) is 0 Å². The van der Waals surface area contributed by atoms with Crippen LogP contribution in [0, 0.1) is 0 Å². The Balaban J connectivity index is 1.87. The summed E-state index contributed by atoms with van der Waals surface area (Å²) in [6.45, 7) is 0. The molecular weight excluding hydrogens is 474 g/mol. The minimum absolute atomic E-state index is 0.318. The van der Waals surface area contributed by atoms with E-state index in [1.54, 1.807) is 66.9 Å². The molecule has 3 aromatic carbocycles. The first-order valence-corrected chi connectivity index (χ1v) is 11.3. The number of benzene rings is 3. The van der Waals surface area contributed by atoms with E-state index in [-0.39, 0.29) is 5.91 Å². The number of rotatable bonds is 11. The molecule has 0 aliphatic carbocycles. The fourth-order valence-electron chi connectivity index (χ4n) is 3.67. The van der Waals surface area contributed by atoms with Crippen LogP contribution in [0.15, 0.2) is 54.6 Å². The summed E-state index contributed by atoms with van der Waals surface area (Å²) >= 11 is 0. The minimum Gasteiger partial charge on any atom is -0.495 e. The van der Waals surface area contributed by atoms with Gasteiger partial charge in [-0.25, -0.2) is 0 Å². The number of carbonyl (C=O) groups is 1. The van der Waals surface area contributed by atoms with E-state index >= 15 is 0 Å². The second kappa shape index (κ2) is 12.9. The van der Waals surface area contributed by atoms with Crippen LogP contribution in [0.5, 0.6) is 34.5 Å². The first-order valence-electron chi connectivity index (χ1n) is 11.3. The number of carbonyl (C=O) groups excluding carboxylic acids is 1. The summed E-state index contributed by atoms with van der Waals surface area (Å²) in [6.07, 6.45) is 6.89. The Morgan fingerprint density at radius 1 is 0.622 bits per heavy atom. The second-order valence-corrected chi connectivity index (χ2v) is 7.65. The van der Waals surface area contributed by atoms with Crippen molar-refractivity contribution in [1.29, 1.82) is 0 Å².